The highest BCUT2D eigenvalue weighted by molar-refractivity contribution is 5.24. The van der Waals surface area contributed by atoms with E-state index < -0.39 is 117 Å². The molecule has 15 heteroatoms. The van der Waals surface area contributed by atoms with E-state index in [1.807, 2.05) is 0 Å². The van der Waals surface area contributed by atoms with Crippen molar-refractivity contribution in [2.24, 2.45) is 11.8 Å². The van der Waals surface area contributed by atoms with Crippen LogP contribution in [0.4, 0.5) is 0 Å². The molecule has 206 valence electrons. The van der Waals surface area contributed by atoms with E-state index in [9.17, 15) is 46.0 Å². The summed E-state index contributed by atoms with van der Waals surface area (Å²) in [5.74, 6) is -1.12. The highest BCUT2D eigenvalue weighted by Crippen LogP contribution is 2.59. The zero-order valence-corrected chi connectivity index (χ0v) is 18.9. The fourth-order valence-electron chi connectivity index (χ4n) is 5.56. The molecule has 0 aromatic heterocycles. The number of hydrogen-bond acceptors (Lipinski definition) is 15. The molecule has 15 nitrogen and oxygen atoms in total. The van der Waals surface area contributed by atoms with E-state index in [1.165, 1.54) is 6.26 Å². The second kappa shape index (κ2) is 9.94. The number of hydrogen-bond donors (Lipinski definition) is 9. The molecule has 1 saturated carbocycles. The standard InChI is InChI=1S/C21H32O15/c22-3-7-11(25)13(27)15(29)19(33-7)32-4-8-12(26)14(28)16(30)20(34-8)35-18-9-6(1-2-31-18)10(24)17-21(9,5-23)36-17/h1-2,6-20,22-30H,3-5H2. The van der Waals surface area contributed by atoms with Crippen LogP contribution in [-0.4, -0.2) is 151 Å². The van der Waals surface area contributed by atoms with Gasteiger partial charge in [-0.05, 0) is 6.08 Å². The topological polar surface area (TPSA) is 241 Å². The summed E-state index contributed by atoms with van der Waals surface area (Å²) in [7, 11) is 0. The van der Waals surface area contributed by atoms with Crippen molar-refractivity contribution >= 4 is 0 Å². The van der Waals surface area contributed by atoms with Crippen molar-refractivity contribution in [1.82, 2.24) is 0 Å². The monoisotopic (exact) mass is 524 g/mol. The molecule has 16 atom stereocenters. The van der Waals surface area contributed by atoms with Crippen LogP contribution < -0.4 is 0 Å². The van der Waals surface area contributed by atoms with Gasteiger partial charge in [-0.2, -0.15) is 0 Å². The number of aliphatic hydroxyl groups is 9. The SMILES string of the molecule is OCC1OC(OCC2OC(OC3OC=CC4C(O)C5OC5(CO)C34)C(O)C(O)C2O)C(O)C(O)C1O. The maximum atomic E-state index is 10.5. The first kappa shape index (κ1) is 26.6. The predicted molar refractivity (Wildman–Crippen MR) is 109 cm³/mol. The quantitative estimate of drug-likeness (QED) is 0.141. The molecule has 9 N–H and O–H groups in total. The Morgan fingerprint density at radius 3 is 2.03 bits per heavy atom. The van der Waals surface area contributed by atoms with E-state index in [0.717, 1.165) is 0 Å². The van der Waals surface area contributed by atoms with Gasteiger partial charge in [0, 0.05) is 5.92 Å². The number of fused-ring (bicyclic) bond motifs is 3. The molecule has 0 bridgehead atoms. The van der Waals surface area contributed by atoms with Crippen LogP contribution in [0.25, 0.3) is 0 Å². The normalized spacial score (nSPS) is 56.1. The fourth-order valence-corrected chi connectivity index (χ4v) is 5.56. The minimum absolute atomic E-state index is 0.405. The maximum Gasteiger partial charge on any atom is 0.208 e. The van der Waals surface area contributed by atoms with Crippen molar-refractivity contribution < 1.29 is 74.4 Å². The lowest BCUT2D eigenvalue weighted by atomic mass is 9.85. The summed E-state index contributed by atoms with van der Waals surface area (Å²) < 4.78 is 33.1. The summed E-state index contributed by atoms with van der Waals surface area (Å²) in [6.45, 7) is -1.59. The van der Waals surface area contributed by atoms with Crippen molar-refractivity contribution in [2.75, 3.05) is 19.8 Å². The zero-order chi connectivity index (χ0) is 25.9. The van der Waals surface area contributed by atoms with Crippen LogP contribution in [0.15, 0.2) is 12.3 Å². The summed E-state index contributed by atoms with van der Waals surface area (Å²) >= 11 is 0. The Balaban J connectivity index is 1.25. The summed E-state index contributed by atoms with van der Waals surface area (Å²) in [5.41, 5.74) is -1.09. The Morgan fingerprint density at radius 1 is 0.722 bits per heavy atom. The molecule has 5 aliphatic rings. The third-order valence-electron chi connectivity index (χ3n) is 7.72. The zero-order valence-electron chi connectivity index (χ0n) is 18.9. The third-order valence-corrected chi connectivity index (χ3v) is 7.72. The van der Waals surface area contributed by atoms with Crippen molar-refractivity contribution in [2.45, 2.75) is 85.5 Å². The first-order valence-electron chi connectivity index (χ1n) is 11.7. The highest BCUT2D eigenvalue weighted by atomic mass is 16.8. The van der Waals surface area contributed by atoms with Crippen LogP contribution >= 0.6 is 0 Å². The Hall–Kier alpha value is -1.02. The molecule has 1 aliphatic carbocycles. The Morgan fingerprint density at radius 2 is 1.36 bits per heavy atom. The molecule has 4 fully saturated rings. The van der Waals surface area contributed by atoms with Gasteiger partial charge in [0.2, 0.25) is 6.29 Å². The van der Waals surface area contributed by atoms with Gasteiger partial charge in [-0.25, -0.2) is 0 Å². The van der Waals surface area contributed by atoms with Crippen molar-refractivity contribution in [3.8, 4) is 0 Å². The van der Waals surface area contributed by atoms with Gasteiger partial charge in [-0.15, -0.1) is 0 Å². The van der Waals surface area contributed by atoms with Gasteiger partial charge < -0.3 is 74.4 Å². The number of ether oxygens (including phenoxy) is 6. The first-order chi connectivity index (χ1) is 17.1. The smallest absolute Gasteiger partial charge is 0.208 e. The van der Waals surface area contributed by atoms with E-state index in [0.29, 0.717) is 0 Å². The summed E-state index contributed by atoms with van der Waals surface area (Å²) in [6.07, 6.45) is -15.4. The molecule has 5 rings (SSSR count). The first-order valence-corrected chi connectivity index (χ1v) is 11.7. The van der Waals surface area contributed by atoms with Crippen LogP contribution in [-0.2, 0) is 28.4 Å². The minimum atomic E-state index is -1.74. The molecule has 0 radical (unpaired) electrons. The number of rotatable bonds is 7. The van der Waals surface area contributed by atoms with Gasteiger partial charge in [0.15, 0.2) is 12.6 Å². The molecule has 3 saturated heterocycles. The van der Waals surface area contributed by atoms with E-state index in [2.05, 4.69) is 0 Å². The Kier molecular flexibility index (Phi) is 7.34. The molecule has 0 aromatic rings. The molecular weight excluding hydrogens is 492 g/mol. The van der Waals surface area contributed by atoms with E-state index >= 15 is 0 Å². The molecule has 0 aromatic carbocycles. The second-order valence-electron chi connectivity index (χ2n) is 9.76. The van der Waals surface area contributed by atoms with Crippen LogP contribution in [0.1, 0.15) is 0 Å². The molecule has 4 heterocycles. The van der Waals surface area contributed by atoms with Crippen LogP contribution in [0.3, 0.4) is 0 Å². The largest absolute Gasteiger partial charge is 0.472 e. The van der Waals surface area contributed by atoms with E-state index in [-0.39, 0.29) is 0 Å². The Bertz CT molecular complexity index is 812. The van der Waals surface area contributed by atoms with Crippen molar-refractivity contribution in [1.29, 1.82) is 0 Å². The summed E-state index contributed by atoms with van der Waals surface area (Å²) in [5, 5.41) is 90.8. The highest BCUT2D eigenvalue weighted by Gasteiger charge is 2.75. The third kappa shape index (κ3) is 4.17. The van der Waals surface area contributed by atoms with E-state index in [1.54, 1.807) is 6.08 Å². The fraction of sp³-hybridized carbons (Fsp3) is 0.905. The molecular formula is C21H32O15. The molecule has 0 spiro atoms. The van der Waals surface area contributed by atoms with Gasteiger partial charge in [-0.1, -0.05) is 0 Å². The molecule has 36 heavy (non-hydrogen) atoms. The minimum Gasteiger partial charge on any atom is -0.472 e. The lowest BCUT2D eigenvalue weighted by molar-refractivity contribution is -0.355. The second-order valence-corrected chi connectivity index (χ2v) is 9.76. The average Bonchev–Trinajstić information content (AvgIpc) is 3.57. The Labute approximate surface area is 204 Å². The maximum absolute atomic E-state index is 10.5. The number of aliphatic hydroxyl groups excluding tert-OH is 9. The molecule has 16 unspecified atom stereocenters. The van der Waals surface area contributed by atoms with Gasteiger partial charge in [-0.3, -0.25) is 0 Å². The summed E-state index contributed by atoms with van der Waals surface area (Å²) in [6, 6.07) is 0. The lowest BCUT2D eigenvalue weighted by Gasteiger charge is -2.44. The lowest BCUT2D eigenvalue weighted by Crippen LogP contribution is -2.62. The van der Waals surface area contributed by atoms with Gasteiger partial charge in [0.05, 0.1) is 38.1 Å². The van der Waals surface area contributed by atoms with Crippen molar-refractivity contribution in [3.05, 3.63) is 12.3 Å². The predicted octanol–water partition coefficient (Wildman–Crippen LogP) is -5.77. The van der Waals surface area contributed by atoms with Crippen molar-refractivity contribution in [3.63, 3.8) is 0 Å². The van der Waals surface area contributed by atoms with Crippen LogP contribution in [0.5, 0.6) is 0 Å². The summed E-state index contributed by atoms with van der Waals surface area (Å²) in [4.78, 5) is 0. The van der Waals surface area contributed by atoms with Crippen LogP contribution in [0, 0.1) is 11.8 Å². The molecule has 4 aliphatic heterocycles. The number of epoxide rings is 1. The molecule has 0 amide bonds. The van der Waals surface area contributed by atoms with Gasteiger partial charge in [0.1, 0.15) is 60.5 Å². The van der Waals surface area contributed by atoms with Crippen LogP contribution in [0.2, 0.25) is 0 Å². The van der Waals surface area contributed by atoms with Gasteiger partial charge in [0.25, 0.3) is 0 Å². The average molecular weight is 524 g/mol. The van der Waals surface area contributed by atoms with E-state index in [4.69, 9.17) is 28.4 Å². The van der Waals surface area contributed by atoms with Gasteiger partial charge >= 0.3 is 0 Å².